The van der Waals surface area contributed by atoms with Gasteiger partial charge in [-0.3, -0.25) is 0 Å². The molecule has 2 aromatic rings. The van der Waals surface area contributed by atoms with Crippen LogP contribution in [0.5, 0.6) is 5.75 Å². The van der Waals surface area contributed by atoms with Gasteiger partial charge in [-0.2, -0.15) is 0 Å². The van der Waals surface area contributed by atoms with Gasteiger partial charge in [0, 0.05) is 0 Å². The summed E-state index contributed by atoms with van der Waals surface area (Å²) in [5.74, 6) is 0.223. The molecule has 0 aliphatic heterocycles. The molecule has 0 radical (unpaired) electrons. The number of hydrogen-bond donors (Lipinski definition) is 2. The van der Waals surface area contributed by atoms with E-state index in [9.17, 15) is 5.11 Å². The summed E-state index contributed by atoms with van der Waals surface area (Å²) in [5.41, 5.74) is 9.63. The number of aromatic hydroxyl groups is 1. The molecule has 17 heavy (non-hydrogen) atoms. The van der Waals surface area contributed by atoms with Gasteiger partial charge in [0.2, 0.25) is 0 Å². The van der Waals surface area contributed by atoms with Crippen LogP contribution in [0, 0.1) is 6.92 Å². The first-order chi connectivity index (χ1) is 8.18. The molecule has 0 aromatic heterocycles. The number of phenols is 1. The van der Waals surface area contributed by atoms with Crippen molar-refractivity contribution < 1.29 is 5.11 Å². The fraction of sp³-hybridized carbons (Fsp3) is 0.200. The first-order valence-corrected chi connectivity index (χ1v) is 5.79. The lowest BCUT2D eigenvalue weighted by Gasteiger charge is -2.08. The summed E-state index contributed by atoms with van der Waals surface area (Å²) in [4.78, 5) is 0. The lowest BCUT2D eigenvalue weighted by Crippen LogP contribution is -1.96. The summed E-state index contributed by atoms with van der Waals surface area (Å²) < 4.78 is 0. The first-order valence-electron chi connectivity index (χ1n) is 5.79. The van der Waals surface area contributed by atoms with E-state index in [1.165, 1.54) is 11.1 Å². The highest BCUT2D eigenvalue weighted by atomic mass is 16.3. The summed E-state index contributed by atoms with van der Waals surface area (Å²) in [6, 6.07) is 13.8. The zero-order valence-electron chi connectivity index (χ0n) is 9.98. The summed E-state index contributed by atoms with van der Waals surface area (Å²) in [5, 5.41) is 9.82. The van der Waals surface area contributed by atoms with Gasteiger partial charge in [-0.1, -0.05) is 36.4 Å². The van der Waals surface area contributed by atoms with Crippen LogP contribution in [-0.2, 0) is 12.8 Å². The molecule has 2 nitrogen and oxygen atoms in total. The number of para-hydroxylation sites is 1. The molecule has 2 aromatic carbocycles. The van der Waals surface area contributed by atoms with Crippen molar-refractivity contribution in [3.05, 3.63) is 59.2 Å². The fourth-order valence-corrected chi connectivity index (χ4v) is 1.97. The Labute approximate surface area is 102 Å². The maximum Gasteiger partial charge on any atom is 0.141 e. The molecule has 0 bridgehead atoms. The van der Waals surface area contributed by atoms with Gasteiger partial charge in [0.1, 0.15) is 5.75 Å². The van der Waals surface area contributed by atoms with Crippen molar-refractivity contribution in [3.8, 4) is 5.75 Å². The molecule has 0 fully saturated rings. The minimum Gasteiger partial charge on any atom is -0.506 e. The highest BCUT2D eigenvalue weighted by Gasteiger charge is 2.05. The molecule has 0 saturated carbocycles. The molecule has 2 heteroatoms. The van der Waals surface area contributed by atoms with E-state index in [0.29, 0.717) is 5.69 Å². The summed E-state index contributed by atoms with van der Waals surface area (Å²) >= 11 is 0. The van der Waals surface area contributed by atoms with Crippen molar-refractivity contribution in [2.45, 2.75) is 19.8 Å². The molecule has 0 saturated heterocycles. The van der Waals surface area contributed by atoms with Crippen molar-refractivity contribution >= 4 is 5.69 Å². The van der Waals surface area contributed by atoms with Crippen LogP contribution in [0.2, 0.25) is 0 Å². The zero-order valence-corrected chi connectivity index (χ0v) is 9.98. The van der Waals surface area contributed by atoms with Crippen molar-refractivity contribution in [2.75, 3.05) is 5.73 Å². The Morgan fingerprint density at radius 2 is 1.59 bits per heavy atom. The Morgan fingerprint density at radius 3 is 2.35 bits per heavy atom. The Bertz CT molecular complexity index is 520. The smallest absolute Gasteiger partial charge is 0.141 e. The Hall–Kier alpha value is -1.96. The molecule has 2 rings (SSSR count). The van der Waals surface area contributed by atoms with Gasteiger partial charge in [-0.25, -0.2) is 0 Å². The van der Waals surface area contributed by atoms with E-state index in [1.54, 1.807) is 6.07 Å². The third kappa shape index (κ3) is 2.59. The number of benzene rings is 2. The van der Waals surface area contributed by atoms with E-state index in [4.69, 9.17) is 5.73 Å². The fourth-order valence-electron chi connectivity index (χ4n) is 1.97. The van der Waals surface area contributed by atoms with Crippen LogP contribution in [0.3, 0.4) is 0 Å². The Morgan fingerprint density at radius 1 is 0.941 bits per heavy atom. The van der Waals surface area contributed by atoms with Crippen molar-refractivity contribution in [2.24, 2.45) is 0 Å². The molecule has 0 heterocycles. The highest BCUT2D eigenvalue weighted by Crippen LogP contribution is 2.25. The van der Waals surface area contributed by atoms with Gasteiger partial charge >= 0.3 is 0 Å². The number of anilines is 1. The van der Waals surface area contributed by atoms with E-state index in [1.807, 2.05) is 24.3 Å². The number of nitrogens with two attached hydrogens (primary N) is 1. The second-order valence-electron chi connectivity index (χ2n) is 4.28. The number of hydrogen-bond acceptors (Lipinski definition) is 2. The average molecular weight is 227 g/mol. The number of aryl methyl sites for hydroxylation is 3. The predicted octanol–water partition coefficient (Wildman–Crippen LogP) is 3.07. The molecule has 0 spiro atoms. The molecule has 0 atom stereocenters. The summed E-state index contributed by atoms with van der Waals surface area (Å²) in [6.07, 6.45) is 1.73. The number of rotatable bonds is 3. The first kappa shape index (κ1) is 11.5. The summed E-state index contributed by atoms with van der Waals surface area (Å²) in [7, 11) is 0. The molecule has 0 aliphatic rings. The quantitative estimate of drug-likeness (QED) is 0.625. The van der Waals surface area contributed by atoms with E-state index in [2.05, 4.69) is 19.1 Å². The lowest BCUT2D eigenvalue weighted by atomic mass is 10.00. The normalized spacial score (nSPS) is 10.4. The predicted molar refractivity (Wildman–Crippen MR) is 71.1 cm³/mol. The molecule has 0 aliphatic carbocycles. The second kappa shape index (κ2) is 4.91. The van der Waals surface area contributed by atoms with Crippen molar-refractivity contribution in [3.63, 3.8) is 0 Å². The van der Waals surface area contributed by atoms with Crippen LogP contribution in [0.1, 0.15) is 16.7 Å². The van der Waals surface area contributed by atoms with Crippen LogP contribution in [0.25, 0.3) is 0 Å². The molecule has 0 unspecified atom stereocenters. The monoisotopic (exact) mass is 227 g/mol. The minimum atomic E-state index is 0.223. The van der Waals surface area contributed by atoms with Gasteiger partial charge in [-0.15, -0.1) is 0 Å². The third-order valence-corrected chi connectivity index (χ3v) is 3.08. The minimum absolute atomic E-state index is 0.223. The standard InChI is InChI=1S/C15H17NO/c1-11-5-2-3-6-12(11)9-10-13-7-4-8-14(16)15(13)17/h2-8,17H,9-10,16H2,1H3. The molecular weight excluding hydrogens is 210 g/mol. The van der Waals surface area contributed by atoms with Gasteiger partial charge < -0.3 is 10.8 Å². The van der Waals surface area contributed by atoms with Crippen LogP contribution in [0.15, 0.2) is 42.5 Å². The molecular formula is C15H17NO. The Kier molecular flexibility index (Phi) is 3.33. The number of nitrogen functional groups attached to an aromatic ring is 1. The van der Waals surface area contributed by atoms with E-state index in [0.717, 1.165) is 18.4 Å². The SMILES string of the molecule is Cc1ccccc1CCc1cccc(N)c1O. The van der Waals surface area contributed by atoms with Gasteiger partial charge in [-0.05, 0) is 42.5 Å². The zero-order chi connectivity index (χ0) is 12.3. The van der Waals surface area contributed by atoms with E-state index in [-0.39, 0.29) is 5.75 Å². The van der Waals surface area contributed by atoms with Gasteiger partial charge in [0.25, 0.3) is 0 Å². The summed E-state index contributed by atoms with van der Waals surface area (Å²) in [6.45, 7) is 2.11. The topological polar surface area (TPSA) is 46.2 Å². The maximum atomic E-state index is 9.82. The van der Waals surface area contributed by atoms with Crippen LogP contribution < -0.4 is 5.73 Å². The van der Waals surface area contributed by atoms with Gasteiger partial charge in [0.05, 0.1) is 5.69 Å². The second-order valence-corrected chi connectivity index (χ2v) is 4.28. The average Bonchev–Trinajstić information content (AvgIpc) is 2.33. The van der Waals surface area contributed by atoms with Gasteiger partial charge in [0.15, 0.2) is 0 Å². The van der Waals surface area contributed by atoms with Crippen LogP contribution >= 0.6 is 0 Å². The molecule has 0 amide bonds. The van der Waals surface area contributed by atoms with E-state index < -0.39 is 0 Å². The van der Waals surface area contributed by atoms with Crippen LogP contribution in [-0.4, -0.2) is 5.11 Å². The Balaban J connectivity index is 2.13. The number of phenolic OH excluding ortho intramolecular Hbond substituents is 1. The maximum absolute atomic E-state index is 9.82. The molecule has 88 valence electrons. The highest BCUT2D eigenvalue weighted by molar-refractivity contribution is 5.55. The lowest BCUT2D eigenvalue weighted by molar-refractivity contribution is 0.470. The van der Waals surface area contributed by atoms with Crippen molar-refractivity contribution in [1.29, 1.82) is 0 Å². The molecule has 3 N–H and O–H groups in total. The van der Waals surface area contributed by atoms with Crippen molar-refractivity contribution in [1.82, 2.24) is 0 Å². The van der Waals surface area contributed by atoms with Crippen LogP contribution in [0.4, 0.5) is 5.69 Å². The largest absolute Gasteiger partial charge is 0.506 e. The van der Waals surface area contributed by atoms with E-state index >= 15 is 0 Å². The third-order valence-electron chi connectivity index (χ3n) is 3.08.